The molecule has 0 aliphatic heterocycles. The number of nitrogens with one attached hydrogen (secondary N) is 2. The molecule has 2 N–H and O–H groups in total. The van der Waals surface area contributed by atoms with Gasteiger partial charge in [0.05, 0.1) is 5.52 Å². The number of pyridine rings is 1. The van der Waals surface area contributed by atoms with Crippen LogP contribution in [0.15, 0.2) is 48.7 Å². The van der Waals surface area contributed by atoms with Gasteiger partial charge in [-0.2, -0.15) is 0 Å². The van der Waals surface area contributed by atoms with E-state index in [0.717, 1.165) is 0 Å². The predicted octanol–water partition coefficient (Wildman–Crippen LogP) is 2.56. The van der Waals surface area contributed by atoms with E-state index >= 15 is 0 Å². The maximum atomic E-state index is 12.8. The van der Waals surface area contributed by atoms with Crippen LogP contribution in [0.5, 0.6) is 0 Å². The Bertz CT molecular complexity index is 1040. The lowest BCUT2D eigenvalue weighted by Gasteiger charge is -2.04. The van der Waals surface area contributed by atoms with E-state index in [2.05, 4.69) is 15.6 Å². The molecule has 0 radical (unpaired) electrons. The molecule has 0 atom stereocenters. The maximum Gasteiger partial charge on any atom is 0.287 e. The van der Waals surface area contributed by atoms with Gasteiger partial charge in [-0.25, -0.2) is 4.98 Å². The fourth-order valence-electron chi connectivity index (χ4n) is 2.84. The summed E-state index contributed by atoms with van der Waals surface area (Å²) < 4.78 is 6.55. The molecule has 150 valence electrons. The monoisotopic (exact) mass is 394 g/mol. The second kappa shape index (κ2) is 9.11. The number of fused-ring (bicyclic) bond motifs is 1. The van der Waals surface area contributed by atoms with Crippen LogP contribution in [0.4, 0.5) is 5.69 Å². The van der Waals surface area contributed by atoms with Crippen LogP contribution < -0.4 is 10.6 Å². The minimum atomic E-state index is -0.442. The summed E-state index contributed by atoms with van der Waals surface area (Å²) in [5, 5.41) is 5.53. The Morgan fingerprint density at radius 2 is 1.83 bits per heavy atom. The molecule has 0 aliphatic carbocycles. The molecule has 8 nitrogen and oxygen atoms in total. The number of imidazole rings is 1. The number of carbonyl (C=O) groups excluding carboxylic acids is 3. The highest BCUT2D eigenvalue weighted by Crippen LogP contribution is 2.16. The molecule has 2 heterocycles. The lowest BCUT2D eigenvalue weighted by atomic mass is 10.1. The van der Waals surface area contributed by atoms with Gasteiger partial charge in [0.15, 0.2) is 11.5 Å². The number of nitrogens with zero attached hydrogens (tertiary/aromatic N) is 2. The topological polar surface area (TPSA) is 102 Å². The molecule has 2 aromatic heterocycles. The number of benzene rings is 1. The summed E-state index contributed by atoms with van der Waals surface area (Å²) >= 11 is 0. The first-order valence-electron chi connectivity index (χ1n) is 9.18. The molecule has 0 bridgehead atoms. The fourth-order valence-corrected chi connectivity index (χ4v) is 2.84. The number of ketones is 1. The number of hydrogen-bond donors (Lipinski definition) is 2. The number of aromatic nitrogens is 2. The number of carbonyl (C=O) groups is 3. The Kier molecular flexibility index (Phi) is 6.36. The van der Waals surface area contributed by atoms with E-state index in [1.165, 1.54) is 6.92 Å². The van der Waals surface area contributed by atoms with Crippen molar-refractivity contribution in [1.82, 2.24) is 14.7 Å². The molecule has 0 spiro atoms. The van der Waals surface area contributed by atoms with Gasteiger partial charge in [0, 0.05) is 37.7 Å². The zero-order chi connectivity index (χ0) is 20.8. The molecular weight excluding hydrogens is 372 g/mol. The third-order valence-electron chi connectivity index (χ3n) is 4.33. The zero-order valence-electron chi connectivity index (χ0n) is 16.3. The van der Waals surface area contributed by atoms with Crippen molar-refractivity contribution in [3.8, 4) is 0 Å². The minimum absolute atomic E-state index is 0.0517. The van der Waals surface area contributed by atoms with Gasteiger partial charge in [-0.3, -0.25) is 18.8 Å². The van der Waals surface area contributed by atoms with Crippen molar-refractivity contribution in [1.29, 1.82) is 0 Å². The van der Waals surface area contributed by atoms with Crippen LogP contribution in [-0.4, -0.2) is 47.2 Å². The Labute approximate surface area is 167 Å². The fraction of sp³-hybridized carbons (Fsp3) is 0.238. The van der Waals surface area contributed by atoms with Crippen molar-refractivity contribution in [2.24, 2.45) is 0 Å². The van der Waals surface area contributed by atoms with Crippen LogP contribution in [0.3, 0.4) is 0 Å². The van der Waals surface area contributed by atoms with E-state index in [4.69, 9.17) is 4.74 Å². The number of ether oxygens (including phenoxy) is 1. The number of anilines is 1. The molecule has 0 saturated heterocycles. The highest BCUT2D eigenvalue weighted by Gasteiger charge is 2.21. The number of rotatable bonds is 8. The molecule has 29 heavy (non-hydrogen) atoms. The van der Waals surface area contributed by atoms with Crippen LogP contribution >= 0.6 is 0 Å². The van der Waals surface area contributed by atoms with E-state index in [1.54, 1.807) is 60.2 Å². The standard InChI is InChI=1S/C21H22N4O4/c1-14(26)15-7-9-16(10-8-15)23-20(27)18-17-6-3-4-12-25(17)19(24-18)21(28)22-11-5-13-29-2/h3-4,6-10,12H,5,11,13H2,1-2H3,(H,22,28)(H,23,27). The van der Waals surface area contributed by atoms with Crippen molar-refractivity contribution in [3.63, 3.8) is 0 Å². The van der Waals surface area contributed by atoms with E-state index in [-0.39, 0.29) is 23.2 Å². The third-order valence-corrected chi connectivity index (χ3v) is 4.33. The SMILES string of the molecule is COCCCNC(=O)c1nc(C(=O)Nc2ccc(C(C)=O)cc2)c2ccccn12. The summed E-state index contributed by atoms with van der Waals surface area (Å²) in [5.41, 5.74) is 1.75. The second-order valence-corrected chi connectivity index (χ2v) is 6.43. The average Bonchev–Trinajstić information content (AvgIpc) is 3.11. The summed E-state index contributed by atoms with van der Waals surface area (Å²) in [6, 6.07) is 11.8. The van der Waals surface area contributed by atoms with Crippen molar-refractivity contribution < 1.29 is 19.1 Å². The molecule has 3 rings (SSSR count). The number of methoxy groups -OCH3 is 1. The summed E-state index contributed by atoms with van der Waals surface area (Å²) in [7, 11) is 1.60. The first kappa shape index (κ1) is 20.2. The Hall–Kier alpha value is -3.52. The Morgan fingerprint density at radius 1 is 1.07 bits per heavy atom. The van der Waals surface area contributed by atoms with Crippen molar-refractivity contribution in [2.75, 3.05) is 25.6 Å². The Balaban J connectivity index is 1.82. The van der Waals surface area contributed by atoms with E-state index in [0.29, 0.717) is 36.3 Å². The van der Waals surface area contributed by atoms with Crippen molar-refractivity contribution >= 4 is 28.8 Å². The smallest absolute Gasteiger partial charge is 0.287 e. The first-order chi connectivity index (χ1) is 14.0. The molecule has 0 aliphatic rings. The molecule has 8 heteroatoms. The summed E-state index contributed by atoms with van der Waals surface area (Å²) in [4.78, 5) is 41.0. The van der Waals surface area contributed by atoms with Gasteiger partial charge in [-0.1, -0.05) is 6.07 Å². The van der Waals surface area contributed by atoms with E-state index in [9.17, 15) is 14.4 Å². The zero-order valence-corrected chi connectivity index (χ0v) is 16.3. The normalized spacial score (nSPS) is 10.7. The van der Waals surface area contributed by atoms with Crippen LogP contribution in [0, 0.1) is 0 Å². The number of Topliss-reactive ketones (excluding diaryl/α,β-unsaturated/α-hetero) is 1. The van der Waals surface area contributed by atoms with Crippen LogP contribution in [-0.2, 0) is 4.74 Å². The van der Waals surface area contributed by atoms with E-state index in [1.807, 2.05) is 0 Å². The van der Waals surface area contributed by atoms with Crippen LogP contribution in [0.25, 0.3) is 5.52 Å². The summed E-state index contributed by atoms with van der Waals surface area (Å²) in [6.07, 6.45) is 2.36. The van der Waals surface area contributed by atoms with Crippen molar-refractivity contribution in [3.05, 3.63) is 65.7 Å². The highest BCUT2D eigenvalue weighted by atomic mass is 16.5. The quantitative estimate of drug-likeness (QED) is 0.452. The first-order valence-corrected chi connectivity index (χ1v) is 9.18. The third kappa shape index (κ3) is 4.67. The number of hydrogen-bond acceptors (Lipinski definition) is 5. The lowest BCUT2D eigenvalue weighted by Crippen LogP contribution is -2.27. The van der Waals surface area contributed by atoms with Crippen molar-refractivity contribution in [2.45, 2.75) is 13.3 Å². The molecule has 2 amide bonds. The van der Waals surface area contributed by atoms with Gasteiger partial charge in [-0.05, 0) is 49.7 Å². The predicted molar refractivity (Wildman–Crippen MR) is 108 cm³/mol. The van der Waals surface area contributed by atoms with Gasteiger partial charge in [-0.15, -0.1) is 0 Å². The average molecular weight is 394 g/mol. The Morgan fingerprint density at radius 3 is 2.52 bits per heavy atom. The molecule has 0 unspecified atom stereocenters. The van der Waals surface area contributed by atoms with E-state index < -0.39 is 5.91 Å². The lowest BCUT2D eigenvalue weighted by molar-refractivity contribution is 0.0936. The second-order valence-electron chi connectivity index (χ2n) is 6.43. The molecular formula is C21H22N4O4. The molecule has 3 aromatic rings. The van der Waals surface area contributed by atoms with Crippen LogP contribution in [0.2, 0.25) is 0 Å². The highest BCUT2D eigenvalue weighted by molar-refractivity contribution is 6.09. The summed E-state index contributed by atoms with van der Waals surface area (Å²) in [6.45, 7) is 2.46. The minimum Gasteiger partial charge on any atom is -0.385 e. The van der Waals surface area contributed by atoms with Gasteiger partial charge in [0.2, 0.25) is 5.82 Å². The van der Waals surface area contributed by atoms with Gasteiger partial charge in [0.25, 0.3) is 11.8 Å². The summed E-state index contributed by atoms with van der Waals surface area (Å²) in [5.74, 6) is -0.728. The van der Waals surface area contributed by atoms with Gasteiger partial charge in [0.1, 0.15) is 0 Å². The maximum absolute atomic E-state index is 12.8. The molecule has 0 saturated carbocycles. The van der Waals surface area contributed by atoms with Gasteiger partial charge >= 0.3 is 0 Å². The van der Waals surface area contributed by atoms with Crippen LogP contribution in [0.1, 0.15) is 44.8 Å². The molecule has 1 aromatic carbocycles. The molecule has 0 fully saturated rings. The largest absolute Gasteiger partial charge is 0.385 e. The number of amides is 2. The van der Waals surface area contributed by atoms with Gasteiger partial charge < -0.3 is 15.4 Å².